The van der Waals surface area contributed by atoms with Crippen LogP contribution in [-0.2, 0) is 10.0 Å². The van der Waals surface area contributed by atoms with Crippen molar-refractivity contribution >= 4 is 28.1 Å². The highest BCUT2D eigenvalue weighted by atomic mass is 35.5. The number of halogens is 1. The van der Waals surface area contributed by atoms with Crippen molar-refractivity contribution < 1.29 is 13.3 Å². The number of sulfonamides is 1. The predicted molar refractivity (Wildman–Crippen MR) is 90.5 cm³/mol. The van der Waals surface area contributed by atoms with Gasteiger partial charge < -0.3 is 5.32 Å². The van der Waals surface area contributed by atoms with Crippen LogP contribution in [0.5, 0.6) is 0 Å². The van der Waals surface area contributed by atoms with Crippen molar-refractivity contribution in [2.45, 2.75) is 24.7 Å². The number of benzene rings is 1. The Morgan fingerprint density at radius 3 is 2.48 bits per heavy atom. The number of aryl methyl sites for hydroxylation is 1. The molecule has 23 heavy (non-hydrogen) atoms. The molecule has 1 aliphatic rings. The van der Waals surface area contributed by atoms with Gasteiger partial charge in [-0.15, -0.1) is 12.4 Å². The molecule has 0 radical (unpaired) electrons. The summed E-state index contributed by atoms with van der Waals surface area (Å²) in [5.74, 6) is 0.475. The minimum absolute atomic E-state index is 0. The van der Waals surface area contributed by atoms with E-state index in [1.807, 2.05) is 7.05 Å². The smallest absolute Gasteiger partial charge is 0.270 e. The second-order valence-electron chi connectivity index (χ2n) is 5.61. The Morgan fingerprint density at radius 1 is 1.35 bits per heavy atom. The summed E-state index contributed by atoms with van der Waals surface area (Å²) in [5.41, 5.74) is 0.331. The quantitative estimate of drug-likeness (QED) is 0.637. The normalized spacial score (nSPS) is 16.8. The van der Waals surface area contributed by atoms with Gasteiger partial charge in [-0.25, -0.2) is 8.42 Å². The Hall–Kier alpha value is -1.22. The first-order valence-corrected chi connectivity index (χ1v) is 8.70. The highest BCUT2D eigenvalue weighted by molar-refractivity contribution is 7.89. The number of nitro groups is 1. The summed E-state index contributed by atoms with van der Waals surface area (Å²) in [5, 5.41) is 14.0. The Balaban J connectivity index is 0.00000264. The molecule has 0 saturated carbocycles. The molecular formula is C14H22ClN3O4S. The number of nitrogens with zero attached hydrogens (tertiary/aromatic N) is 2. The molecule has 0 atom stereocenters. The van der Waals surface area contributed by atoms with Crippen LogP contribution in [-0.4, -0.2) is 44.3 Å². The highest BCUT2D eigenvalue weighted by Crippen LogP contribution is 2.28. The maximum absolute atomic E-state index is 12.7. The summed E-state index contributed by atoms with van der Waals surface area (Å²) < 4.78 is 26.9. The average molecular weight is 364 g/mol. The molecule has 1 heterocycles. The molecule has 0 aromatic heterocycles. The van der Waals surface area contributed by atoms with E-state index in [0.717, 1.165) is 25.5 Å². The fraction of sp³-hybridized carbons (Fsp3) is 0.571. The van der Waals surface area contributed by atoms with Gasteiger partial charge >= 0.3 is 0 Å². The fourth-order valence-corrected chi connectivity index (χ4v) is 4.48. The summed E-state index contributed by atoms with van der Waals surface area (Å²) in [6.07, 6.45) is 1.60. The molecule has 1 N–H and O–H groups in total. The van der Waals surface area contributed by atoms with Gasteiger partial charge in [-0.05, 0) is 44.8 Å². The van der Waals surface area contributed by atoms with E-state index in [1.54, 1.807) is 6.92 Å². The molecule has 0 bridgehead atoms. The number of nitro benzene ring substituents is 1. The van der Waals surface area contributed by atoms with Gasteiger partial charge in [-0.2, -0.15) is 4.31 Å². The third-order valence-corrected chi connectivity index (χ3v) is 6.11. The minimum atomic E-state index is -3.68. The number of hydrogen-bond donors (Lipinski definition) is 1. The summed E-state index contributed by atoms with van der Waals surface area (Å²) in [4.78, 5) is 10.3. The van der Waals surface area contributed by atoms with Crippen LogP contribution in [0.1, 0.15) is 18.4 Å². The molecule has 1 saturated heterocycles. The van der Waals surface area contributed by atoms with Crippen LogP contribution in [0.2, 0.25) is 0 Å². The topological polar surface area (TPSA) is 92.6 Å². The van der Waals surface area contributed by atoms with Crippen LogP contribution in [0.3, 0.4) is 0 Å². The molecule has 9 heteroatoms. The maximum atomic E-state index is 12.7. The van der Waals surface area contributed by atoms with Crippen molar-refractivity contribution in [2.75, 3.05) is 26.7 Å². The number of piperidine rings is 1. The second kappa shape index (κ2) is 8.05. The zero-order chi connectivity index (χ0) is 16.3. The lowest BCUT2D eigenvalue weighted by Gasteiger charge is -2.31. The predicted octanol–water partition coefficient (Wildman–Crippen LogP) is 1.95. The Morgan fingerprint density at radius 2 is 1.96 bits per heavy atom. The Labute approximate surface area is 142 Å². The first kappa shape index (κ1) is 19.8. The highest BCUT2D eigenvalue weighted by Gasteiger charge is 2.31. The van der Waals surface area contributed by atoms with Gasteiger partial charge in [0, 0.05) is 25.2 Å². The van der Waals surface area contributed by atoms with E-state index >= 15 is 0 Å². The molecular weight excluding hydrogens is 342 g/mol. The van der Waals surface area contributed by atoms with Crippen molar-refractivity contribution in [3.63, 3.8) is 0 Å². The van der Waals surface area contributed by atoms with E-state index in [1.165, 1.54) is 16.4 Å². The van der Waals surface area contributed by atoms with E-state index < -0.39 is 14.9 Å². The molecule has 2 rings (SSSR count). The minimum Gasteiger partial charge on any atom is -0.319 e. The largest absolute Gasteiger partial charge is 0.319 e. The van der Waals surface area contributed by atoms with Crippen LogP contribution in [0, 0.1) is 23.0 Å². The van der Waals surface area contributed by atoms with Crippen LogP contribution in [0.15, 0.2) is 23.1 Å². The van der Waals surface area contributed by atoms with Crippen molar-refractivity contribution in [1.82, 2.24) is 9.62 Å². The van der Waals surface area contributed by atoms with E-state index in [4.69, 9.17) is 0 Å². The van der Waals surface area contributed by atoms with Crippen molar-refractivity contribution in [3.8, 4) is 0 Å². The molecule has 0 aliphatic carbocycles. The molecule has 0 amide bonds. The molecule has 130 valence electrons. The van der Waals surface area contributed by atoms with E-state index in [-0.39, 0.29) is 23.0 Å². The van der Waals surface area contributed by atoms with Gasteiger partial charge in [0.2, 0.25) is 10.0 Å². The lowest BCUT2D eigenvalue weighted by molar-refractivity contribution is -0.385. The molecule has 1 aromatic rings. The fourth-order valence-electron chi connectivity index (χ4n) is 2.76. The Kier molecular flexibility index (Phi) is 6.94. The van der Waals surface area contributed by atoms with Gasteiger partial charge in [0.25, 0.3) is 5.69 Å². The van der Waals surface area contributed by atoms with Gasteiger partial charge in [-0.1, -0.05) is 6.07 Å². The van der Waals surface area contributed by atoms with E-state index in [9.17, 15) is 18.5 Å². The molecule has 1 aromatic carbocycles. The van der Waals surface area contributed by atoms with Crippen LogP contribution < -0.4 is 5.32 Å². The third-order valence-electron chi connectivity index (χ3n) is 4.07. The zero-order valence-corrected chi connectivity index (χ0v) is 14.8. The van der Waals surface area contributed by atoms with Gasteiger partial charge in [0.05, 0.1) is 9.82 Å². The monoisotopic (exact) mass is 363 g/mol. The molecule has 0 unspecified atom stereocenters. The summed E-state index contributed by atoms with van der Waals surface area (Å²) in [6, 6.07) is 3.97. The van der Waals surface area contributed by atoms with Gasteiger partial charge in [-0.3, -0.25) is 10.1 Å². The lowest BCUT2D eigenvalue weighted by atomic mass is 9.98. The van der Waals surface area contributed by atoms with Crippen molar-refractivity contribution in [1.29, 1.82) is 0 Å². The Bertz CT molecular complexity index is 658. The summed E-state index contributed by atoms with van der Waals surface area (Å²) in [6.45, 7) is 3.45. The van der Waals surface area contributed by atoms with Crippen LogP contribution in [0.25, 0.3) is 0 Å². The SMILES string of the molecule is CNCC1CCN(S(=O)(=O)c2cc([N+](=O)[O-])ccc2C)CC1.Cl. The average Bonchev–Trinajstić information content (AvgIpc) is 2.48. The summed E-state index contributed by atoms with van der Waals surface area (Å²) in [7, 11) is -1.79. The number of non-ortho nitro benzene ring substituents is 1. The number of hydrogen-bond acceptors (Lipinski definition) is 5. The molecule has 7 nitrogen and oxygen atoms in total. The molecule has 1 fully saturated rings. The number of nitrogens with one attached hydrogen (secondary N) is 1. The molecule has 0 spiro atoms. The van der Waals surface area contributed by atoms with Gasteiger partial charge in [0.1, 0.15) is 0 Å². The molecule has 1 aliphatic heterocycles. The van der Waals surface area contributed by atoms with Crippen molar-refractivity contribution in [2.24, 2.45) is 5.92 Å². The second-order valence-corrected chi connectivity index (χ2v) is 7.52. The van der Waals surface area contributed by atoms with Gasteiger partial charge in [0.15, 0.2) is 0 Å². The number of rotatable bonds is 5. The van der Waals surface area contributed by atoms with E-state index in [2.05, 4.69) is 5.32 Å². The zero-order valence-electron chi connectivity index (χ0n) is 13.2. The first-order valence-electron chi connectivity index (χ1n) is 7.26. The third kappa shape index (κ3) is 4.41. The van der Waals surface area contributed by atoms with Crippen LogP contribution >= 0.6 is 12.4 Å². The first-order chi connectivity index (χ1) is 10.4. The standard InChI is InChI=1S/C14H21N3O4S.ClH/c1-11-3-4-13(17(18)19)9-14(11)22(20,21)16-7-5-12(6-8-16)10-15-2;/h3-4,9,12,15H,5-8,10H2,1-2H3;1H. The maximum Gasteiger partial charge on any atom is 0.270 e. The van der Waals surface area contributed by atoms with Crippen molar-refractivity contribution in [3.05, 3.63) is 33.9 Å². The van der Waals surface area contributed by atoms with Crippen LogP contribution in [0.4, 0.5) is 5.69 Å². The van der Waals surface area contributed by atoms with E-state index in [0.29, 0.717) is 24.6 Å². The lowest BCUT2D eigenvalue weighted by Crippen LogP contribution is -2.40. The summed E-state index contributed by atoms with van der Waals surface area (Å²) >= 11 is 0.